The summed E-state index contributed by atoms with van der Waals surface area (Å²) in [6.45, 7) is 8.60. The lowest BCUT2D eigenvalue weighted by molar-refractivity contribution is 0.0341. The normalized spacial score (nSPS) is 15.1. The average molecular weight is 431 g/mol. The molecular formula is C23H31ClN4O2. The van der Waals surface area contributed by atoms with Crippen LogP contribution in [0.5, 0.6) is 5.75 Å². The summed E-state index contributed by atoms with van der Waals surface area (Å²) in [5.74, 6) is 1.52. The van der Waals surface area contributed by atoms with E-state index in [-0.39, 0.29) is 0 Å². The number of methoxy groups -OCH3 is 1. The lowest BCUT2D eigenvalue weighted by Crippen LogP contribution is -2.38. The maximum atomic E-state index is 6.06. The van der Waals surface area contributed by atoms with E-state index in [1.165, 1.54) is 11.1 Å². The van der Waals surface area contributed by atoms with Crippen LogP contribution in [-0.4, -0.2) is 50.8 Å². The lowest BCUT2D eigenvalue weighted by Gasteiger charge is -2.27. The van der Waals surface area contributed by atoms with E-state index in [1.54, 1.807) is 7.11 Å². The highest BCUT2D eigenvalue weighted by atomic mass is 35.5. The average Bonchev–Trinajstić information content (AvgIpc) is 2.78. The number of aliphatic imine (C=N–C) groups is 1. The Morgan fingerprint density at radius 2 is 1.87 bits per heavy atom. The summed E-state index contributed by atoms with van der Waals surface area (Å²) >= 11 is 6.06. The summed E-state index contributed by atoms with van der Waals surface area (Å²) in [5, 5.41) is 7.43. The van der Waals surface area contributed by atoms with Crippen LogP contribution in [0.4, 0.5) is 0 Å². The number of nitrogens with zero attached hydrogens (tertiary/aromatic N) is 2. The molecule has 0 radical (unpaired) electrons. The third-order valence-corrected chi connectivity index (χ3v) is 5.30. The van der Waals surface area contributed by atoms with Crippen LogP contribution in [0.25, 0.3) is 0 Å². The lowest BCUT2D eigenvalue weighted by atomic mass is 10.1. The molecule has 2 aromatic carbocycles. The highest BCUT2D eigenvalue weighted by molar-refractivity contribution is 6.30. The molecular weight excluding hydrogens is 400 g/mol. The third-order valence-electron chi connectivity index (χ3n) is 5.06. The molecule has 3 rings (SSSR count). The second kappa shape index (κ2) is 11.8. The number of hydrogen-bond donors (Lipinski definition) is 2. The molecule has 0 amide bonds. The fourth-order valence-corrected chi connectivity index (χ4v) is 3.58. The van der Waals surface area contributed by atoms with Crippen LogP contribution >= 0.6 is 11.6 Å². The summed E-state index contributed by atoms with van der Waals surface area (Å²) in [5.41, 5.74) is 3.60. The van der Waals surface area contributed by atoms with Gasteiger partial charge in [0.15, 0.2) is 5.96 Å². The molecule has 1 aliphatic rings. The van der Waals surface area contributed by atoms with Gasteiger partial charge in [-0.25, -0.2) is 4.99 Å². The molecule has 1 heterocycles. The van der Waals surface area contributed by atoms with Gasteiger partial charge >= 0.3 is 0 Å². The summed E-state index contributed by atoms with van der Waals surface area (Å²) in [6, 6.07) is 14.2. The molecule has 0 bridgehead atoms. The zero-order valence-corrected chi connectivity index (χ0v) is 18.5. The molecule has 0 aromatic heterocycles. The maximum Gasteiger partial charge on any atom is 0.191 e. The Morgan fingerprint density at radius 1 is 1.10 bits per heavy atom. The van der Waals surface area contributed by atoms with E-state index in [9.17, 15) is 0 Å². The van der Waals surface area contributed by atoms with Gasteiger partial charge in [-0.15, -0.1) is 0 Å². The third kappa shape index (κ3) is 6.62. The Morgan fingerprint density at radius 3 is 2.60 bits per heavy atom. The number of benzene rings is 2. The van der Waals surface area contributed by atoms with Gasteiger partial charge in [-0.3, -0.25) is 4.90 Å². The first-order valence-corrected chi connectivity index (χ1v) is 10.8. The molecule has 7 heteroatoms. The van der Waals surface area contributed by atoms with Crippen LogP contribution in [-0.2, 0) is 24.4 Å². The molecule has 30 heavy (non-hydrogen) atoms. The quantitative estimate of drug-likeness (QED) is 0.496. The van der Waals surface area contributed by atoms with Crippen LogP contribution in [0, 0.1) is 0 Å². The van der Waals surface area contributed by atoms with Crippen molar-refractivity contribution in [3.63, 3.8) is 0 Å². The minimum Gasteiger partial charge on any atom is -0.496 e. The van der Waals surface area contributed by atoms with Crippen molar-refractivity contribution < 1.29 is 9.47 Å². The van der Waals surface area contributed by atoms with Gasteiger partial charge in [-0.1, -0.05) is 41.9 Å². The molecule has 2 N–H and O–H groups in total. The number of rotatable bonds is 8. The molecule has 1 fully saturated rings. The molecule has 6 nitrogen and oxygen atoms in total. The molecule has 0 atom stereocenters. The largest absolute Gasteiger partial charge is 0.496 e. The van der Waals surface area contributed by atoms with E-state index in [0.717, 1.165) is 56.7 Å². The number of guanidine groups is 1. The fraction of sp³-hybridized carbons (Fsp3) is 0.435. The zero-order chi connectivity index (χ0) is 21.2. The smallest absolute Gasteiger partial charge is 0.191 e. The van der Waals surface area contributed by atoms with E-state index >= 15 is 0 Å². The summed E-state index contributed by atoms with van der Waals surface area (Å²) < 4.78 is 10.9. The topological polar surface area (TPSA) is 58.1 Å². The Hall–Kier alpha value is -2.28. The first-order valence-electron chi connectivity index (χ1n) is 10.4. The Kier molecular flexibility index (Phi) is 8.81. The van der Waals surface area contributed by atoms with Gasteiger partial charge in [0.25, 0.3) is 0 Å². The van der Waals surface area contributed by atoms with Crippen molar-refractivity contribution in [1.29, 1.82) is 0 Å². The molecule has 0 spiro atoms. The summed E-state index contributed by atoms with van der Waals surface area (Å²) in [7, 11) is 1.65. The molecule has 0 aliphatic carbocycles. The van der Waals surface area contributed by atoms with Crippen molar-refractivity contribution in [1.82, 2.24) is 15.5 Å². The molecule has 2 aromatic rings. The Labute approximate surface area is 184 Å². The standard InChI is InChI=1S/C23H31ClN4O2/c1-3-25-23(27-16-19-8-9-21(24)14-22(19)29-2)26-15-18-6-4-5-7-20(18)17-28-10-12-30-13-11-28/h4-9,14H,3,10-13,15-17H2,1-2H3,(H2,25,26,27). The van der Waals surface area contributed by atoms with Crippen molar-refractivity contribution in [3.05, 3.63) is 64.2 Å². The maximum absolute atomic E-state index is 6.06. The second-order valence-corrected chi connectivity index (χ2v) is 7.60. The molecule has 1 saturated heterocycles. The SMILES string of the molecule is CCNC(=NCc1ccc(Cl)cc1OC)NCc1ccccc1CN1CCOCC1. The highest BCUT2D eigenvalue weighted by Crippen LogP contribution is 2.23. The second-order valence-electron chi connectivity index (χ2n) is 7.16. The number of ether oxygens (including phenoxy) is 2. The highest BCUT2D eigenvalue weighted by Gasteiger charge is 2.13. The van der Waals surface area contributed by atoms with Gasteiger partial charge < -0.3 is 20.1 Å². The Balaban J connectivity index is 1.65. The van der Waals surface area contributed by atoms with Gasteiger partial charge in [0.05, 0.1) is 26.9 Å². The number of nitrogens with one attached hydrogen (secondary N) is 2. The van der Waals surface area contributed by atoms with Crippen LogP contribution in [0.2, 0.25) is 5.02 Å². The first-order chi connectivity index (χ1) is 14.7. The monoisotopic (exact) mass is 430 g/mol. The van der Waals surface area contributed by atoms with E-state index in [4.69, 9.17) is 26.1 Å². The van der Waals surface area contributed by atoms with Crippen LogP contribution in [0.15, 0.2) is 47.5 Å². The first kappa shape index (κ1) is 22.4. The summed E-state index contributed by atoms with van der Waals surface area (Å²) in [6.07, 6.45) is 0. The fourth-order valence-electron chi connectivity index (χ4n) is 3.42. The van der Waals surface area contributed by atoms with Gasteiger partial charge in [0, 0.05) is 43.3 Å². The van der Waals surface area contributed by atoms with Crippen molar-refractivity contribution in [2.75, 3.05) is 40.0 Å². The van der Waals surface area contributed by atoms with Crippen molar-refractivity contribution in [2.24, 2.45) is 4.99 Å². The minimum atomic E-state index is 0.505. The van der Waals surface area contributed by atoms with Gasteiger partial charge in [0.1, 0.15) is 5.75 Å². The van der Waals surface area contributed by atoms with Gasteiger partial charge in [-0.05, 0) is 30.2 Å². The van der Waals surface area contributed by atoms with Crippen molar-refractivity contribution in [3.8, 4) is 5.75 Å². The van der Waals surface area contributed by atoms with Crippen LogP contribution < -0.4 is 15.4 Å². The van der Waals surface area contributed by atoms with E-state index < -0.39 is 0 Å². The summed E-state index contributed by atoms with van der Waals surface area (Å²) in [4.78, 5) is 7.17. The van der Waals surface area contributed by atoms with Crippen LogP contribution in [0.1, 0.15) is 23.6 Å². The molecule has 0 saturated carbocycles. The van der Waals surface area contributed by atoms with E-state index in [1.807, 2.05) is 18.2 Å². The minimum absolute atomic E-state index is 0.505. The van der Waals surface area contributed by atoms with Crippen molar-refractivity contribution in [2.45, 2.75) is 26.6 Å². The van der Waals surface area contributed by atoms with Gasteiger partial charge in [0.2, 0.25) is 0 Å². The van der Waals surface area contributed by atoms with Crippen molar-refractivity contribution >= 4 is 17.6 Å². The van der Waals surface area contributed by atoms with E-state index in [2.05, 4.69) is 46.7 Å². The number of halogens is 1. The predicted molar refractivity (Wildman–Crippen MR) is 122 cm³/mol. The molecule has 1 aliphatic heterocycles. The van der Waals surface area contributed by atoms with E-state index in [0.29, 0.717) is 18.1 Å². The number of hydrogen-bond acceptors (Lipinski definition) is 4. The van der Waals surface area contributed by atoms with Crippen LogP contribution in [0.3, 0.4) is 0 Å². The zero-order valence-electron chi connectivity index (χ0n) is 17.8. The molecule has 0 unspecified atom stereocenters. The van der Waals surface area contributed by atoms with Gasteiger partial charge in [-0.2, -0.15) is 0 Å². The Bertz CT molecular complexity index is 838. The number of morpholine rings is 1. The molecule has 162 valence electrons. The predicted octanol–water partition coefficient (Wildman–Crippen LogP) is 3.44.